The molecule has 3 heterocycles. The van der Waals surface area contributed by atoms with Gasteiger partial charge in [0.1, 0.15) is 0 Å². The minimum absolute atomic E-state index is 0.506. The van der Waals surface area contributed by atoms with E-state index in [0.29, 0.717) is 0 Å². The molecule has 12 aromatic rings. The Hall–Kier alpha value is -7.98. The highest BCUT2D eigenvalue weighted by atomic mass is 32.1. The average Bonchev–Trinajstić information content (AvgIpc) is 4.01. The summed E-state index contributed by atoms with van der Waals surface area (Å²) >= 11 is 1.88. The Morgan fingerprint density at radius 2 is 0.938 bits per heavy atom. The molecule has 2 nitrogen and oxygen atoms in total. The molecule has 2 aromatic heterocycles. The van der Waals surface area contributed by atoms with E-state index in [4.69, 9.17) is 0 Å². The first-order valence-electron chi connectivity index (χ1n) is 22.1. The van der Waals surface area contributed by atoms with Crippen molar-refractivity contribution in [3.8, 4) is 39.1 Å². The van der Waals surface area contributed by atoms with Gasteiger partial charge in [0, 0.05) is 48.0 Å². The molecule has 0 bridgehead atoms. The molecule has 3 heteroatoms. The van der Waals surface area contributed by atoms with Gasteiger partial charge in [-0.05, 0) is 122 Å². The van der Waals surface area contributed by atoms with Crippen LogP contribution in [0.25, 0.3) is 81.0 Å². The summed E-state index contributed by atoms with van der Waals surface area (Å²) in [5.74, 6) is 0. The molecule has 14 rings (SSSR count). The lowest BCUT2D eigenvalue weighted by Crippen LogP contribution is -2.33. The Bertz CT molecular complexity index is 3820. The van der Waals surface area contributed by atoms with Gasteiger partial charge in [-0.2, -0.15) is 0 Å². The lowest BCUT2D eigenvalue weighted by atomic mass is 9.65. The summed E-state index contributed by atoms with van der Waals surface area (Å²) in [6.07, 6.45) is 0. The normalized spacial score (nSPS) is 13.1. The molecule has 0 unspecified atom stereocenters. The van der Waals surface area contributed by atoms with Crippen LogP contribution < -0.4 is 4.90 Å². The smallest absolute Gasteiger partial charge is 0.0754 e. The molecule has 0 N–H and O–H groups in total. The minimum atomic E-state index is -0.506. The minimum Gasteiger partial charge on any atom is -0.310 e. The van der Waals surface area contributed by atoms with E-state index in [1.54, 1.807) is 0 Å². The average molecular weight is 831 g/mol. The maximum atomic E-state index is 2.54. The largest absolute Gasteiger partial charge is 0.310 e. The van der Waals surface area contributed by atoms with Crippen LogP contribution in [0.15, 0.2) is 231 Å². The van der Waals surface area contributed by atoms with Crippen molar-refractivity contribution < 1.29 is 0 Å². The third-order valence-corrected chi connectivity index (χ3v) is 15.2. The predicted molar refractivity (Wildman–Crippen MR) is 270 cm³/mol. The molecule has 0 radical (unpaired) electrons. The van der Waals surface area contributed by atoms with E-state index < -0.39 is 5.41 Å². The maximum Gasteiger partial charge on any atom is 0.0754 e. The van der Waals surface area contributed by atoms with Gasteiger partial charge in [-0.15, -0.1) is 11.3 Å². The molecule has 2 aliphatic rings. The van der Waals surface area contributed by atoms with Gasteiger partial charge in [0.05, 0.1) is 22.1 Å². The van der Waals surface area contributed by atoms with Crippen molar-refractivity contribution in [1.82, 2.24) is 4.57 Å². The second-order valence-electron chi connectivity index (χ2n) is 17.2. The van der Waals surface area contributed by atoms with Crippen LogP contribution in [0.1, 0.15) is 22.3 Å². The molecule has 1 aliphatic carbocycles. The SMILES string of the molecule is c1ccc(N(c2cccc(-c3cc4c5c(c3)c3ccccc3n5-c3ccccc3C43c4ccccc4-c4ccccc43)c2)c2cccc(-c3cccc4c3sc3ccccc34)c2)cc1. The van der Waals surface area contributed by atoms with Crippen molar-refractivity contribution in [2.75, 3.05) is 4.90 Å². The summed E-state index contributed by atoms with van der Waals surface area (Å²) in [6.45, 7) is 0. The Kier molecular flexibility index (Phi) is 7.51. The molecule has 0 fully saturated rings. The number of hydrogen-bond acceptors (Lipinski definition) is 2. The van der Waals surface area contributed by atoms with E-state index in [-0.39, 0.29) is 0 Å². The van der Waals surface area contributed by atoms with Gasteiger partial charge in [-0.25, -0.2) is 0 Å². The molecule has 0 saturated carbocycles. The Morgan fingerprint density at radius 3 is 1.73 bits per heavy atom. The summed E-state index contributed by atoms with van der Waals surface area (Å²) in [5.41, 5.74) is 19.3. The quantitative estimate of drug-likeness (QED) is 0.168. The fourth-order valence-electron chi connectivity index (χ4n) is 11.4. The highest BCUT2D eigenvalue weighted by molar-refractivity contribution is 7.26. The molecule has 298 valence electrons. The van der Waals surface area contributed by atoms with Crippen LogP contribution in [0.3, 0.4) is 0 Å². The number of hydrogen-bond donors (Lipinski definition) is 0. The van der Waals surface area contributed by atoms with Crippen LogP contribution in [0, 0.1) is 0 Å². The molecule has 0 amide bonds. The monoisotopic (exact) mass is 830 g/mol. The number of para-hydroxylation sites is 3. The second kappa shape index (κ2) is 13.5. The highest BCUT2D eigenvalue weighted by Gasteiger charge is 2.50. The molecule has 64 heavy (non-hydrogen) atoms. The van der Waals surface area contributed by atoms with Crippen LogP contribution in [0.4, 0.5) is 17.1 Å². The lowest BCUT2D eigenvalue weighted by Gasteiger charge is -2.40. The zero-order valence-corrected chi connectivity index (χ0v) is 35.6. The Morgan fingerprint density at radius 1 is 0.359 bits per heavy atom. The first-order chi connectivity index (χ1) is 31.8. The van der Waals surface area contributed by atoms with Crippen molar-refractivity contribution in [3.63, 3.8) is 0 Å². The summed E-state index contributed by atoms with van der Waals surface area (Å²) < 4.78 is 5.17. The first-order valence-corrected chi connectivity index (χ1v) is 22.9. The van der Waals surface area contributed by atoms with Crippen LogP contribution >= 0.6 is 11.3 Å². The van der Waals surface area contributed by atoms with Crippen molar-refractivity contribution in [3.05, 3.63) is 253 Å². The standard InChI is InChI=1S/C61H38N2S/c1-2-19-42(20-3-1)62(44-22-15-18-40(36-44)45-27-16-28-50-49-26-7-13-34-58(49)64-60(45)50)43-21-14-17-39(35-43)41-37-51-48-25-6-11-32-56(48)63-57-33-12-10-31-54(57)61(55(38-41)59(51)63)52-29-8-4-23-46(52)47-24-5-9-30-53(47)61/h1-38H. The van der Waals surface area contributed by atoms with Gasteiger partial charge < -0.3 is 9.47 Å². The molecular formula is C61H38N2S. The highest BCUT2D eigenvalue weighted by Crippen LogP contribution is 2.61. The van der Waals surface area contributed by atoms with Gasteiger partial charge in [0.25, 0.3) is 0 Å². The zero-order valence-electron chi connectivity index (χ0n) is 34.7. The van der Waals surface area contributed by atoms with E-state index in [9.17, 15) is 0 Å². The number of aromatic nitrogens is 1. The fraction of sp³-hybridized carbons (Fsp3) is 0.0164. The number of fused-ring (bicyclic) bond motifs is 15. The molecule has 1 aliphatic heterocycles. The van der Waals surface area contributed by atoms with Crippen molar-refractivity contribution in [2.24, 2.45) is 0 Å². The number of rotatable bonds is 5. The van der Waals surface area contributed by atoms with E-state index >= 15 is 0 Å². The topological polar surface area (TPSA) is 8.17 Å². The van der Waals surface area contributed by atoms with Crippen LogP contribution in [0.2, 0.25) is 0 Å². The summed E-state index contributed by atoms with van der Waals surface area (Å²) in [7, 11) is 0. The van der Waals surface area contributed by atoms with Crippen LogP contribution in [-0.4, -0.2) is 4.57 Å². The third kappa shape index (κ3) is 4.85. The molecule has 10 aromatic carbocycles. The number of anilines is 3. The van der Waals surface area contributed by atoms with Gasteiger partial charge in [0.2, 0.25) is 0 Å². The molecular weight excluding hydrogens is 793 g/mol. The Labute approximate surface area is 375 Å². The van der Waals surface area contributed by atoms with Gasteiger partial charge >= 0.3 is 0 Å². The van der Waals surface area contributed by atoms with Gasteiger partial charge in [0.15, 0.2) is 0 Å². The predicted octanol–water partition coefficient (Wildman–Crippen LogP) is 16.6. The molecule has 1 spiro atoms. The van der Waals surface area contributed by atoms with E-state index in [2.05, 4.69) is 240 Å². The maximum absolute atomic E-state index is 2.54. The van der Waals surface area contributed by atoms with Crippen LogP contribution in [-0.2, 0) is 5.41 Å². The summed E-state index contributed by atoms with van der Waals surface area (Å²) in [6, 6.07) is 85.8. The first kappa shape index (κ1) is 35.6. The van der Waals surface area contributed by atoms with Crippen LogP contribution in [0.5, 0.6) is 0 Å². The fourth-order valence-corrected chi connectivity index (χ4v) is 12.6. The molecule has 0 atom stereocenters. The van der Waals surface area contributed by atoms with Crippen molar-refractivity contribution >= 4 is 70.4 Å². The van der Waals surface area contributed by atoms with Gasteiger partial charge in [-0.3, -0.25) is 0 Å². The van der Waals surface area contributed by atoms with E-state index in [1.165, 1.54) is 103 Å². The van der Waals surface area contributed by atoms with Gasteiger partial charge in [-0.1, -0.05) is 164 Å². The third-order valence-electron chi connectivity index (χ3n) is 13.9. The Balaban J connectivity index is 0.999. The van der Waals surface area contributed by atoms with Crippen molar-refractivity contribution in [1.29, 1.82) is 0 Å². The van der Waals surface area contributed by atoms with Crippen molar-refractivity contribution in [2.45, 2.75) is 5.41 Å². The number of nitrogens with zero attached hydrogens (tertiary/aromatic N) is 2. The second-order valence-corrected chi connectivity index (χ2v) is 18.2. The summed E-state index contributed by atoms with van der Waals surface area (Å²) in [5, 5.41) is 5.16. The van der Waals surface area contributed by atoms with E-state index in [0.717, 1.165) is 17.1 Å². The zero-order chi connectivity index (χ0) is 41.9. The summed E-state index contributed by atoms with van der Waals surface area (Å²) in [4.78, 5) is 2.41. The van der Waals surface area contributed by atoms with E-state index in [1.807, 2.05) is 11.3 Å². The molecule has 0 saturated heterocycles. The lowest BCUT2D eigenvalue weighted by molar-refractivity contribution is 0.749. The number of benzene rings is 10. The number of thiophene rings is 1.